The number of hydrogen-bond acceptors (Lipinski definition) is 4. The van der Waals surface area contributed by atoms with Crippen molar-refractivity contribution in [1.29, 1.82) is 0 Å². The molecule has 5 nitrogen and oxygen atoms in total. The Morgan fingerprint density at radius 2 is 1.96 bits per heavy atom. The molecular weight excluding hydrogens is 336 g/mol. The van der Waals surface area contributed by atoms with Gasteiger partial charge in [0, 0.05) is 25.3 Å². The fraction of sp³-hybridized carbons (Fsp3) is 0.727. The summed E-state index contributed by atoms with van der Waals surface area (Å²) in [5, 5.41) is 3.09. The average molecular weight is 373 g/mol. The Morgan fingerprint density at radius 3 is 2.63 bits per heavy atom. The van der Waals surface area contributed by atoms with Crippen LogP contribution in [0.1, 0.15) is 52.1 Å². The van der Waals surface area contributed by atoms with Crippen LogP contribution in [0.3, 0.4) is 0 Å². The summed E-state index contributed by atoms with van der Waals surface area (Å²) in [5.74, 6) is 0.311. The molecule has 1 aromatic rings. The molecule has 150 valence electrons. The summed E-state index contributed by atoms with van der Waals surface area (Å²) in [6.07, 6.45) is 6.38. The third kappa shape index (κ3) is 6.28. The first-order valence-corrected chi connectivity index (χ1v) is 10.5. The van der Waals surface area contributed by atoms with Gasteiger partial charge >= 0.3 is 0 Å². The molecule has 3 rings (SSSR count). The van der Waals surface area contributed by atoms with E-state index in [2.05, 4.69) is 40.9 Å². The number of nitrogens with zero attached hydrogens (tertiary/aromatic N) is 3. The molecule has 2 aliphatic rings. The van der Waals surface area contributed by atoms with E-state index in [-0.39, 0.29) is 11.8 Å². The van der Waals surface area contributed by atoms with Gasteiger partial charge in [0.2, 0.25) is 5.91 Å². The Kier molecular flexibility index (Phi) is 6.88. The van der Waals surface area contributed by atoms with Gasteiger partial charge in [-0.2, -0.15) is 0 Å². The Labute approximate surface area is 164 Å². The average Bonchev–Trinajstić information content (AvgIpc) is 2.66. The first-order chi connectivity index (χ1) is 12.9. The molecule has 5 heteroatoms. The summed E-state index contributed by atoms with van der Waals surface area (Å²) in [7, 11) is 0. The highest BCUT2D eigenvalue weighted by molar-refractivity contribution is 5.78. The second-order valence-electron chi connectivity index (χ2n) is 9.44. The smallest absolute Gasteiger partial charge is 0.224 e. The number of pyridine rings is 1. The van der Waals surface area contributed by atoms with Crippen LogP contribution in [0.15, 0.2) is 24.4 Å². The monoisotopic (exact) mass is 372 g/mol. The van der Waals surface area contributed by atoms with Gasteiger partial charge in [0.1, 0.15) is 0 Å². The lowest BCUT2D eigenvalue weighted by Gasteiger charge is -2.43. The lowest BCUT2D eigenvalue weighted by molar-refractivity contribution is -0.127. The zero-order chi connectivity index (χ0) is 19.3. The van der Waals surface area contributed by atoms with Gasteiger partial charge in [-0.25, -0.2) is 0 Å². The normalized spacial score (nSPS) is 23.3. The largest absolute Gasteiger partial charge is 0.350 e. The van der Waals surface area contributed by atoms with Crippen molar-refractivity contribution < 1.29 is 4.79 Å². The highest BCUT2D eigenvalue weighted by Crippen LogP contribution is 2.25. The first-order valence-electron chi connectivity index (χ1n) is 10.5. The lowest BCUT2D eigenvalue weighted by Crippen LogP contribution is -2.51. The van der Waals surface area contributed by atoms with Gasteiger partial charge in [0.25, 0.3) is 0 Å². The SMILES string of the molecule is CC(C)(C)CN1CCC(N2CCC[C@H](C(=O)NCc3ccccn3)C2)CC1. The van der Waals surface area contributed by atoms with Crippen molar-refractivity contribution in [1.82, 2.24) is 20.1 Å². The van der Waals surface area contributed by atoms with Gasteiger partial charge in [-0.15, -0.1) is 0 Å². The minimum atomic E-state index is 0.120. The number of likely N-dealkylation sites (tertiary alicyclic amines) is 2. The quantitative estimate of drug-likeness (QED) is 0.863. The molecule has 2 aliphatic heterocycles. The van der Waals surface area contributed by atoms with E-state index in [9.17, 15) is 4.79 Å². The molecule has 27 heavy (non-hydrogen) atoms. The van der Waals surface area contributed by atoms with Crippen molar-refractivity contribution in [2.75, 3.05) is 32.7 Å². The number of piperidine rings is 2. The van der Waals surface area contributed by atoms with Crippen LogP contribution in [0.5, 0.6) is 0 Å². The maximum Gasteiger partial charge on any atom is 0.224 e. The maximum atomic E-state index is 12.6. The summed E-state index contributed by atoms with van der Waals surface area (Å²) >= 11 is 0. The number of nitrogens with one attached hydrogen (secondary N) is 1. The first kappa shape index (κ1) is 20.3. The third-order valence-electron chi connectivity index (χ3n) is 5.76. The zero-order valence-corrected chi connectivity index (χ0v) is 17.3. The Bertz CT molecular complexity index is 590. The topological polar surface area (TPSA) is 48.5 Å². The summed E-state index contributed by atoms with van der Waals surface area (Å²) in [6, 6.07) is 6.46. The van der Waals surface area contributed by atoms with Gasteiger partial charge in [-0.1, -0.05) is 26.8 Å². The molecule has 0 spiro atoms. The molecule has 0 aromatic carbocycles. The minimum Gasteiger partial charge on any atom is -0.350 e. The Balaban J connectivity index is 1.44. The van der Waals surface area contributed by atoms with Crippen molar-refractivity contribution >= 4 is 5.91 Å². The van der Waals surface area contributed by atoms with Crippen molar-refractivity contribution in [2.24, 2.45) is 11.3 Å². The van der Waals surface area contributed by atoms with E-state index >= 15 is 0 Å². The van der Waals surface area contributed by atoms with Crippen LogP contribution in [0.25, 0.3) is 0 Å². The third-order valence-corrected chi connectivity index (χ3v) is 5.76. The van der Waals surface area contributed by atoms with Crippen molar-refractivity contribution in [3.05, 3.63) is 30.1 Å². The predicted octanol–water partition coefficient (Wildman–Crippen LogP) is 2.92. The highest BCUT2D eigenvalue weighted by Gasteiger charge is 2.32. The summed E-state index contributed by atoms with van der Waals surface area (Å²) in [4.78, 5) is 22.1. The van der Waals surface area contributed by atoms with Gasteiger partial charge in [-0.3, -0.25) is 14.7 Å². The van der Waals surface area contributed by atoms with Gasteiger partial charge in [-0.05, 0) is 62.9 Å². The molecule has 0 saturated carbocycles. The van der Waals surface area contributed by atoms with Crippen LogP contribution in [0.2, 0.25) is 0 Å². The van der Waals surface area contributed by atoms with Crippen LogP contribution >= 0.6 is 0 Å². The van der Waals surface area contributed by atoms with E-state index in [4.69, 9.17) is 0 Å². The van der Waals surface area contributed by atoms with Gasteiger partial charge < -0.3 is 10.2 Å². The van der Waals surface area contributed by atoms with E-state index in [1.165, 1.54) is 32.5 Å². The minimum absolute atomic E-state index is 0.120. The fourth-order valence-corrected chi connectivity index (χ4v) is 4.49. The molecule has 2 saturated heterocycles. The van der Waals surface area contributed by atoms with Crippen molar-refractivity contribution in [3.8, 4) is 0 Å². The predicted molar refractivity (Wildman–Crippen MR) is 109 cm³/mol. The van der Waals surface area contributed by atoms with E-state index in [1.54, 1.807) is 6.20 Å². The summed E-state index contributed by atoms with van der Waals surface area (Å²) in [5.41, 5.74) is 1.29. The fourth-order valence-electron chi connectivity index (χ4n) is 4.49. The second kappa shape index (κ2) is 9.16. The molecule has 0 aliphatic carbocycles. The van der Waals surface area contributed by atoms with Gasteiger partial charge in [0.05, 0.1) is 18.2 Å². The van der Waals surface area contributed by atoms with E-state index < -0.39 is 0 Å². The van der Waals surface area contributed by atoms with Crippen molar-refractivity contribution in [3.63, 3.8) is 0 Å². The van der Waals surface area contributed by atoms with E-state index in [1.807, 2.05) is 18.2 Å². The van der Waals surface area contributed by atoms with E-state index in [0.29, 0.717) is 18.0 Å². The van der Waals surface area contributed by atoms with Crippen LogP contribution < -0.4 is 5.32 Å². The molecule has 1 N–H and O–H groups in total. The molecule has 1 amide bonds. The van der Waals surface area contributed by atoms with E-state index in [0.717, 1.165) is 31.6 Å². The highest BCUT2D eigenvalue weighted by atomic mass is 16.1. The molecule has 0 bridgehead atoms. The number of rotatable bonds is 5. The van der Waals surface area contributed by atoms with Crippen molar-refractivity contribution in [2.45, 2.75) is 59.0 Å². The van der Waals surface area contributed by atoms with Crippen LogP contribution in [0, 0.1) is 11.3 Å². The maximum absolute atomic E-state index is 12.6. The summed E-state index contributed by atoms with van der Waals surface area (Å²) in [6.45, 7) is 13.1. The molecule has 0 radical (unpaired) electrons. The molecule has 1 atom stereocenters. The molecule has 2 fully saturated rings. The van der Waals surface area contributed by atoms with Gasteiger partial charge in [0.15, 0.2) is 0 Å². The Hall–Kier alpha value is -1.46. The number of aromatic nitrogens is 1. The molecule has 1 aromatic heterocycles. The van der Waals surface area contributed by atoms with Crippen LogP contribution in [-0.4, -0.2) is 59.5 Å². The number of amides is 1. The number of carbonyl (C=O) groups is 1. The van der Waals surface area contributed by atoms with Crippen LogP contribution in [-0.2, 0) is 11.3 Å². The number of hydrogen-bond donors (Lipinski definition) is 1. The molecule has 3 heterocycles. The number of carbonyl (C=O) groups excluding carboxylic acids is 1. The molecule has 0 unspecified atom stereocenters. The van der Waals surface area contributed by atoms with Crippen LogP contribution in [0.4, 0.5) is 0 Å². The zero-order valence-electron chi connectivity index (χ0n) is 17.3. The Morgan fingerprint density at radius 1 is 1.19 bits per heavy atom. The standard InChI is InChI=1S/C22H36N4O/c1-22(2,3)17-25-13-9-20(10-14-25)26-12-6-7-18(16-26)21(27)24-15-19-8-4-5-11-23-19/h4-5,8,11,18,20H,6-7,9-10,12-17H2,1-3H3,(H,24,27)/t18-/m0/s1. The summed E-state index contributed by atoms with van der Waals surface area (Å²) < 4.78 is 0. The molecular formula is C22H36N4O. The lowest BCUT2D eigenvalue weighted by atomic mass is 9.91. The second-order valence-corrected chi connectivity index (χ2v) is 9.44.